The molecule has 150 valence electrons. The molecule has 1 aliphatic carbocycles. The summed E-state index contributed by atoms with van der Waals surface area (Å²) < 4.78 is 0. The van der Waals surface area contributed by atoms with Crippen LogP contribution in [0.15, 0.2) is 24.3 Å². The number of hydrogen-bond donors (Lipinski definition) is 2. The lowest BCUT2D eigenvalue weighted by molar-refractivity contribution is -0.137. The van der Waals surface area contributed by atoms with Gasteiger partial charge in [0.15, 0.2) is 0 Å². The molecule has 0 bridgehead atoms. The van der Waals surface area contributed by atoms with Crippen molar-refractivity contribution >= 4 is 40.1 Å². The Morgan fingerprint density at radius 3 is 2.64 bits per heavy atom. The molecule has 1 fully saturated rings. The molecule has 28 heavy (non-hydrogen) atoms. The number of anilines is 1. The second kappa shape index (κ2) is 9.87. The quantitative estimate of drug-likeness (QED) is 0.563. The van der Waals surface area contributed by atoms with Crippen molar-refractivity contribution in [3.8, 4) is 0 Å². The average molecular weight is 403 g/mol. The Morgan fingerprint density at radius 2 is 1.89 bits per heavy atom. The number of amides is 1. The van der Waals surface area contributed by atoms with Crippen LogP contribution in [0.25, 0.3) is 10.9 Å². The van der Waals surface area contributed by atoms with Gasteiger partial charge in [0.2, 0.25) is 5.91 Å². The third-order valence-electron chi connectivity index (χ3n) is 5.41. The Kier molecular flexibility index (Phi) is 7.26. The number of aryl methyl sites for hydroxylation is 1. The minimum absolute atomic E-state index is 0.0130. The second-order valence-corrected chi connectivity index (χ2v) is 8.06. The second-order valence-electron chi connectivity index (χ2n) is 7.65. The smallest absolute Gasteiger partial charge is 0.303 e. The van der Waals surface area contributed by atoms with Gasteiger partial charge in [-0.15, -0.1) is 0 Å². The van der Waals surface area contributed by atoms with Gasteiger partial charge in [0.25, 0.3) is 0 Å². The number of aliphatic carboxylic acids is 1. The molecule has 3 rings (SSSR count). The Morgan fingerprint density at radius 1 is 1.11 bits per heavy atom. The number of carbonyl (C=O) groups is 2. The molecule has 1 aliphatic rings. The van der Waals surface area contributed by atoms with E-state index in [-0.39, 0.29) is 12.3 Å². The third kappa shape index (κ3) is 5.68. The molecule has 0 unspecified atom stereocenters. The predicted octanol–water partition coefficient (Wildman–Crippen LogP) is 5.59. The Balaban J connectivity index is 1.68. The van der Waals surface area contributed by atoms with Gasteiger partial charge >= 0.3 is 5.97 Å². The van der Waals surface area contributed by atoms with Crippen molar-refractivity contribution in [3.63, 3.8) is 0 Å². The molecule has 1 saturated carbocycles. The van der Waals surface area contributed by atoms with Gasteiger partial charge in [-0.3, -0.25) is 14.6 Å². The summed E-state index contributed by atoms with van der Waals surface area (Å²) in [7, 11) is 0. The molecule has 0 radical (unpaired) electrons. The minimum atomic E-state index is -0.769. The molecule has 2 N–H and O–H groups in total. The van der Waals surface area contributed by atoms with Crippen LogP contribution >= 0.6 is 11.6 Å². The lowest BCUT2D eigenvalue weighted by atomic mass is 9.87. The van der Waals surface area contributed by atoms with Gasteiger partial charge in [0.05, 0.1) is 16.2 Å². The summed E-state index contributed by atoms with van der Waals surface area (Å²) in [6.45, 7) is 0. The Bertz CT molecular complexity index is 847. The first-order valence-electron chi connectivity index (χ1n) is 10.1. The molecule has 0 atom stereocenters. The molecule has 1 aromatic heterocycles. The number of aromatic nitrogens is 1. The third-order valence-corrected chi connectivity index (χ3v) is 5.73. The van der Waals surface area contributed by atoms with Crippen LogP contribution in [0.3, 0.4) is 0 Å². The Labute approximate surface area is 170 Å². The number of rotatable bonds is 8. The standard InChI is InChI=1S/C22H27ClN2O3/c23-18-12-13-19-17(11-10-16(24-19)8-4-5-9-21(27)28)22(18)25-20(26)14-15-6-2-1-3-7-15/h10-13,15H,1-9,14H2,(H,25,26)(H,27,28). The lowest BCUT2D eigenvalue weighted by Crippen LogP contribution is -2.18. The summed E-state index contributed by atoms with van der Waals surface area (Å²) in [5.41, 5.74) is 2.33. The fourth-order valence-electron chi connectivity index (χ4n) is 3.91. The number of halogens is 1. The van der Waals surface area contributed by atoms with Crippen molar-refractivity contribution in [2.45, 2.75) is 64.2 Å². The number of unbranched alkanes of at least 4 members (excludes halogenated alkanes) is 1. The van der Waals surface area contributed by atoms with Crippen LogP contribution < -0.4 is 5.32 Å². The number of nitrogens with one attached hydrogen (secondary N) is 1. The normalized spacial score (nSPS) is 14.9. The van der Waals surface area contributed by atoms with Crippen LogP contribution in [0.1, 0.15) is 63.5 Å². The van der Waals surface area contributed by atoms with Crippen molar-refractivity contribution in [1.29, 1.82) is 0 Å². The zero-order chi connectivity index (χ0) is 19.9. The Hall–Kier alpha value is -2.14. The van der Waals surface area contributed by atoms with Crippen LogP contribution in [0, 0.1) is 5.92 Å². The van der Waals surface area contributed by atoms with Gasteiger partial charge in [0.1, 0.15) is 0 Å². The number of carboxylic acid groups (broad SMARTS) is 1. The van der Waals surface area contributed by atoms with Crippen LogP contribution in [0.2, 0.25) is 5.02 Å². The summed E-state index contributed by atoms with van der Waals surface area (Å²) in [4.78, 5) is 27.8. The highest BCUT2D eigenvalue weighted by Gasteiger charge is 2.18. The number of carboxylic acids is 1. The molecule has 0 spiro atoms. The van der Waals surface area contributed by atoms with E-state index in [0.717, 1.165) is 42.3 Å². The van der Waals surface area contributed by atoms with E-state index < -0.39 is 5.97 Å². The minimum Gasteiger partial charge on any atom is -0.481 e. The highest BCUT2D eigenvalue weighted by Crippen LogP contribution is 2.32. The maximum absolute atomic E-state index is 12.5. The van der Waals surface area contributed by atoms with E-state index in [9.17, 15) is 9.59 Å². The highest BCUT2D eigenvalue weighted by atomic mass is 35.5. The van der Waals surface area contributed by atoms with Crippen molar-refractivity contribution in [2.75, 3.05) is 5.32 Å². The number of benzene rings is 1. The van der Waals surface area contributed by atoms with Gasteiger partial charge in [-0.2, -0.15) is 0 Å². The van der Waals surface area contributed by atoms with E-state index in [1.54, 1.807) is 6.07 Å². The van der Waals surface area contributed by atoms with Crippen molar-refractivity contribution in [3.05, 3.63) is 35.0 Å². The van der Waals surface area contributed by atoms with E-state index in [1.807, 2.05) is 18.2 Å². The first kappa shape index (κ1) is 20.6. The number of pyridine rings is 1. The highest BCUT2D eigenvalue weighted by molar-refractivity contribution is 6.35. The summed E-state index contributed by atoms with van der Waals surface area (Å²) in [6, 6.07) is 7.49. The van der Waals surface area contributed by atoms with E-state index >= 15 is 0 Å². The largest absolute Gasteiger partial charge is 0.481 e. The summed E-state index contributed by atoms with van der Waals surface area (Å²) >= 11 is 6.36. The number of nitrogens with zero attached hydrogens (tertiary/aromatic N) is 1. The van der Waals surface area contributed by atoms with Gasteiger partial charge in [-0.25, -0.2) is 0 Å². The molecule has 1 aromatic carbocycles. The van der Waals surface area contributed by atoms with Crippen molar-refractivity contribution in [2.24, 2.45) is 5.92 Å². The van der Waals surface area contributed by atoms with E-state index in [0.29, 0.717) is 29.5 Å². The summed E-state index contributed by atoms with van der Waals surface area (Å²) in [6.07, 6.45) is 8.84. The lowest BCUT2D eigenvalue weighted by Gasteiger charge is -2.21. The summed E-state index contributed by atoms with van der Waals surface area (Å²) in [5.74, 6) is -0.285. The maximum atomic E-state index is 12.5. The molecule has 2 aromatic rings. The fourth-order valence-corrected chi connectivity index (χ4v) is 4.12. The topological polar surface area (TPSA) is 79.3 Å². The van der Waals surface area contributed by atoms with Crippen LogP contribution in [0.5, 0.6) is 0 Å². The monoisotopic (exact) mass is 402 g/mol. The zero-order valence-electron chi connectivity index (χ0n) is 16.0. The maximum Gasteiger partial charge on any atom is 0.303 e. The molecule has 0 aliphatic heterocycles. The molecule has 0 saturated heterocycles. The van der Waals surface area contributed by atoms with Crippen LogP contribution in [-0.4, -0.2) is 22.0 Å². The number of carbonyl (C=O) groups excluding carboxylic acids is 1. The number of fused-ring (bicyclic) bond motifs is 1. The molecule has 1 amide bonds. The fraction of sp³-hybridized carbons (Fsp3) is 0.500. The van der Waals surface area contributed by atoms with E-state index in [4.69, 9.17) is 16.7 Å². The van der Waals surface area contributed by atoms with Crippen LogP contribution in [0.4, 0.5) is 5.69 Å². The van der Waals surface area contributed by atoms with E-state index in [2.05, 4.69) is 10.3 Å². The molecular weight excluding hydrogens is 376 g/mol. The molecule has 5 nitrogen and oxygen atoms in total. The zero-order valence-corrected chi connectivity index (χ0v) is 16.8. The first-order valence-corrected chi connectivity index (χ1v) is 10.5. The van der Waals surface area contributed by atoms with Crippen molar-refractivity contribution in [1.82, 2.24) is 4.98 Å². The molecular formula is C22H27ClN2O3. The van der Waals surface area contributed by atoms with Gasteiger partial charge in [0, 0.05) is 23.9 Å². The van der Waals surface area contributed by atoms with Gasteiger partial charge in [-0.05, 0) is 62.3 Å². The predicted molar refractivity (Wildman–Crippen MR) is 112 cm³/mol. The first-order chi connectivity index (χ1) is 13.5. The van der Waals surface area contributed by atoms with E-state index in [1.165, 1.54) is 19.3 Å². The summed E-state index contributed by atoms with van der Waals surface area (Å²) in [5, 5.41) is 13.1. The van der Waals surface area contributed by atoms with Crippen LogP contribution in [-0.2, 0) is 16.0 Å². The average Bonchev–Trinajstić information content (AvgIpc) is 2.68. The van der Waals surface area contributed by atoms with Gasteiger partial charge < -0.3 is 10.4 Å². The SMILES string of the molecule is O=C(O)CCCCc1ccc2c(NC(=O)CC3CCCCC3)c(Cl)ccc2n1. The van der Waals surface area contributed by atoms with Crippen molar-refractivity contribution < 1.29 is 14.7 Å². The number of hydrogen-bond acceptors (Lipinski definition) is 3. The van der Waals surface area contributed by atoms with Gasteiger partial charge in [-0.1, -0.05) is 30.9 Å². The molecule has 6 heteroatoms. The molecule has 1 heterocycles.